The van der Waals surface area contributed by atoms with Gasteiger partial charge in [0.05, 0.1) is 17.6 Å². The first-order valence-corrected chi connectivity index (χ1v) is 11.2. The molecule has 0 aliphatic carbocycles. The zero-order chi connectivity index (χ0) is 24.6. The number of para-hydroxylation sites is 1. The number of imidazole rings is 1. The van der Waals surface area contributed by atoms with Crippen molar-refractivity contribution < 1.29 is 14.4 Å². The number of halogens is 1. The second-order valence-corrected chi connectivity index (χ2v) is 8.08. The summed E-state index contributed by atoms with van der Waals surface area (Å²) in [5, 5.41) is 8.93. The van der Waals surface area contributed by atoms with Crippen LogP contribution in [0.1, 0.15) is 27.1 Å². The topological polar surface area (TPSA) is 105 Å². The van der Waals surface area contributed by atoms with Gasteiger partial charge in [0, 0.05) is 47.3 Å². The van der Waals surface area contributed by atoms with Gasteiger partial charge in [0.1, 0.15) is 0 Å². The maximum Gasteiger partial charge on any atom is 0.257 e. The number of hydrogen-bond acceptors (Lipinski definition) is 4. The van der Waals surface area contributed by atoms with E-state index in [0.717, 1.165) is 0 Å². The van der Waals surface area contributed by atoms with Gasteiger partial charge in [-0.2, -0.15) is 0 Å². The molecule has 0 atom stereocenters. The van der Waals surface area contributed by atoms with Crippen molar-refractivity contribution >= 4 is 46.4 Å². The van der Waals surface area contributed by atoms with Crippen LogP contribution in [-0.4, -0.2) is 27.3 Å². The summed E-state index contributed by atoms with van der Waals surface area (Å²) in [7, 11) is 0. The van der Waals surface area contributed by atoms with Crippen LogP contribution in [-0.2, 0) is 11.3 Å². The van der Waals surface area contributed by atoms with E-state index in [0.29, 0.717) is 39.8 Å². The minimum atomic E-state index is -0.411. The van der Waals surface area contributed by atoms with Crippen molar-refractivity contribution in [3.05, 3.63) is 108 Å². The maximum absolute atomic E-state index is 12.9. The van der Waals surface area contributed by atoms with Gasteiger partial charge in [-0.05, 0) is 54.6 Å². The van der Waals surface area contributed by atoms with E-state index in [4.69, 9.17) is 11.6 Å². The van der Waals surface area contributed by atoms with E-state index in [1.54, 1.807) is 91.5 Å². The molecule has 0 unspecified atom stereocenters. The van der Waals surface area contributed by atoms with E-state index in [-0.39, 0.29) is 18.2 Å². The molecule has 3 N–H and O–H groups in total. The molecule has 8 nitrogen and oxygen atoms in total. The molecule has 0 fully saturated rings. The molecule has 0 spiro atoms. The molecule has 0 aliphatic heterocycles. The quantitative estimate of drug-likeness (QED) is 0.322. The molecule has 0 radical (unpaired) electrons. The lowest BCUT2D eigenvalue weighted by Gasteiger charge is -2.12. The average molecular weight is 488 g/mol. The Morgan fingerprint density at radius 3 is 2.40 bits per heavy atom. The summed E-state index contributed by atoms with van der Waals surface area (Å²) in [5.41, 5.74) is 2.09. The summed E-state index contributed by atoms with van der Waals surface area (Å²) in [6, 6.07) is 20.1. The van der Waals surface area contributed by atoms with Crippen molar-refractivity contribution in [3.8, 4) is 0 Å². The van der Waals surface area contributed by atoms with Crippen molar-refractivity contribution in [2.45, 2.75) is 13.0 Å². The van der Waals surface area contributed by atoms with Gasteiger partial charge in [0.25, 0.3) is 11.8 Å². The fourth-order valence-corrected chi connectivity index (χ4v) is 3.45. The van der Waals surface area contributed by atoms with Crippen molar-refractivity contribution in [2.24, 2.45) is 0 Å². The van der Waals surface area contributed by atoms with Gasteiger partial charge < -0.3 is 20.5 Å². The van der Waals surface area contributed by atoms with Crippen LogP contribution in [0.25, 0.3) is 0 Å². The zero-order valence-corrected chi connectivity index (χ0v) is 19.3. The third-order valence-corrected chi connectivity index (χ3v) is 5.34. The fourth-order valence-electron chi connectivity index (χ4n) is 3.33. The van der Waals surface area contributed by atoms with E-state index >= 15 is 0 Å². The van der Waals surface area contributed by atoms with Gasteiger partial charge in [0.15, 0.2) is 0 Å². The Balaban J connectivity index is 1.41. The first kappa shape index (κ1) is 23.7. The Morgan fingerprint density at radius 2 is 1.63 bits per heavy atom. The van der Waals surface area contributed by atoms with Crippen LogP contribution < -0.4 is 16.0 Å². The fraction of sp³-hybridized carbons (Fsp3) is 0.0769. The summed E-state index contributed by atoms with van der Waals surface area (Å²) >= 11 is 5.89. The number of carbonyl (C=O) groups is 3. The number of rotatable bonds is 8. The molecule has 3 aromatic carbocycles. The predicted molar refractivity (Wildman–Crippen MR) is 136 cm³/mol. The van der Waals surface area contributed by atoms with Gasteiger partial charge in [-0.1, -0.05) is 29.8 Å². The van der Waals surface area contributed by atoms with E-state index in [1.165, 1.54) is 0 Å². The van der Waals surface area contributed by atoms with Crippen LogP contribution in [0.15, 0.2) is 91.5 Å². The number of carbonyl (C=O) groups excluding carboxylic acids is 3. The lowest BCUT2D eigenvalue weighted by Crippen LogP contribution is -2.19. The maximum atomic E-state index is 12.9. The summed E-state index contributed by atoms with van der Waals surface area (Å²) < 4.78 is 1.81. The Kier molecular flexibility index (Phi) is 7.54. The number of aromatic nitrogens is 2. The van der Waals surface area contributed by atoms with Gasteiger partial charge >= 0.3 is 0 Å². The Bertz CT molecular complexity index is 1340. The number of anilines is 3. The minimum absolute atomic E-state index is 0.180. The van der Waals surface area contributed by atoms with E-state index in [9.17, 15) is 14.4 Å². The normalized spacial score (nSPS) is 10.4. The molecule has 176 valence electrons. The molecule has 1 aromatic heterocycles. The largest absolute Gasteiger partial charge is 0.337 e. The number of aryl methyl sites for hydroxylation is 1. The molecule has 4 rings (SSSR count). The lowest BCUT2D eigenvalue weighted by molar-refractivity contribution is -0.116. The van der Waals surface area contributed by atoms with Crippen molar-refractivity contribution in [1.29, 1.82) is 0 Å². The minimum Gasteiger partial charge on any atom is -0.337 e. The molecular formula is C26H22ClN5O3. The standard InChI is InChI=1S/C26H22ClN5O3/c27-19-8-10-20(11-9-19)30-26(35)22-6-1-2-7-23(22)31-25(34)18-4-3-5-21(16-18)29-24(33)12-14-32-15-13-28-17-32/h1-11,13,15-17H,12,14H2,(H,29,33)(H,30,35)(H,31,34). The molecular weight excluding hydrogens is 466 g/mol. The van der Waals surface area contributed by atoms with E-state index < -0.39 is 5.91 Å². The van der Waals surface area contributed by atoms with Gasteiger partial charge in [-0.15, -0.1) is 0 Å². The highest BCUT2D eigenvalue weighted by Crippen LogP contribution is 2.20. The van der Waals surface area contributed by atoms with Crippen molar-refractivity contribution in [1.82, 2.24) is 9.55 Å². The molecule has 9 heteroatoms. The molecule has 1 heterocycles. The van der Waals surface area contributed by atoms with Gasteiger partial charge in [-0.3, -0.25) is 14.4 Å². The highest BCUT2D eigenvalue weighted by molar-refractivity contribution is 6.30. The number of amides is 3. The number of hydrogen-bond donors (Lipinski definition) is 3. The van der Waals surface area contributed by atoms with Crippen LogP contribution in [0.4, 0.5) is 17.1 Å². The summed E-state index contributed by atoms with van der Waals surface area (Å²) in [6.45, 7) is 0.501. The summed E-state index contributed by atoms with van der Waals surface area (Å²) in [5.74, 6) is -0.964. The second kappa shape index (κ2) is 11.1. The lowest BCUT2D eigenvalue weighted by atomic mass is 10.1. The number of nitrogens with zero attached hydrogens (tertiary/aromatic N) is 2. The Morgan fingerprint density at radius 1 is 0.829 bits per heavy atom. The van der Waals surface area contributed by atoms with E-state index in [1.807, 2.05) is 4.57 Å². The molecule has 0 bridgehead atoms. The van der Waals surface area contributed by atoms with Crippen LogP contribution in [0.2, 0.25) is 5.02 Å². The number of nitrogens with one attached hydrogen (secondary N) is 3. The first-order chi connectivity index (χ1) is 17.0. The smallest absolute Gasteiger partial charge is 0.257 e. The van der Waals surface area contributed by atoms with Crippen LogP contribution in [0.3, 0.4) is 0 Å². The van der Waals surface area contributed by atoms with Gasteiger partial charge in [0.2, 0.25) is 5.91 Å². The highest BCUT2D eigenvalue weighted by atomic mass is 35.5. The average Bonchev–Trinajstić information content (AvgIpc) is 3.38. The second-order valence-electron chi connectivity index (χ2n) is 7.64. The summed E-state index contributed by atoms with van der Waals surface area (Å²) in [6.07, 6.45) is 5.35. The molecule has 4 aromatic rings. The third kappa shape index (κ3) is 6.55. The van der Waals surface area contributed by atoms with Crippen LogP contribution in [0, 0.1) is 0 Å². The summed E-state index contributed by atoms with van der Waals surface area (Å²) in [4.78, 5) is 42.0. The first-order valence-electron chi connectivity index (χ1n) is 10.8. The molecule has 3 amide bonds. The van der Waals surface area contributed by atoms with Crippen molar-refractivity contribution in [2.75, 3.05) is 16.0 Å². The molecule has 0 saturated heterocycles. The van der Waals surface area contributed by atoms with Gasteiger partial charge in [-0.25, -0.2) is 4.98 Å². The van der Waals surface area contributed by atoms with E-state index in [2.05, 4.69) is 20.9 Å². The Labute approximate surface area is 207 Å². The number of benzene rings is 3. The highest BCUT2D eigenvalue weighted by Gasteiger charge is 2.15. The molecule has 35 heavy (non-hydrogen) atoms. The van der Waals surface area contributed by atoms with Crippen LogP contribution in [0.5, 0.6) is 0 Å². The zero-order valence-electron chi connectivity index (χ0n) is 18.6. The third-order valence-electron chi connectivity index (χ3n) is 5.09. The predicted octanol–water partition coefficient (Wildman–Crippen LogP) is 5.07. The Hall–Kier alpha value is -4.43. The molecule has 0 aliphatic rings. The monoisotopic (exact) mass is 487 g/mol. The van der Waals surface area contributed by atoms with Crippen molar-refractivity contribution in [3.63, 3.8) is 0 Å². The molecule has 0 saturated carbocycles. The van der Waals surface area contributed by atoms with Crippen LogP contribution >= 0.6 is 11.6 Å². The SMILES string of the molecule is O=C(CCn1ccnc1)Nc1cccc(C(=O)Nc2ccccc2C(=O)Nc2ccc(Cl)cc2)c1.